The lowest BCUT2D eigenvalue weighted by molar-refractivity contribution is 0.0923. The summed E-state index contributed by atoms with van der Waals surface area (Å²) in [6, 6.07) is 12.6. The molecule has 7 nitrogen and oxygen atoms in total. The molecule has 2 aromatic carbocycles. The molecule has 5 N–H and O–H groups in total. The molecular weight excluding hydrogens is 389 g/mol. The molecule has 0 bridgehead atoms. The second-order valence-electron chi connectivity index (χ2n) is 6.06. The largest absolute Gasteiger partial charge is 0.366 e. The van der Waals surface area contributed by atoms with Crippen molar-refractivity contribution in [3.63, 3.8) is 0 Å². The van der Waals surface area contributed by atoms with Crippen molar-refractivity contribution >= 4 is 47.7 Å². The summed E-state index contributed by atoms with van der Waals surface area (Å²) in [4.78, 5) is 31.3. The van der Waals surface area contributed by atoms with E-state index in [1.54, 1.807) is 24.3 Å². The number of nitrogens with one attached hydrogen (secondary N) is 3. The van der Waals surface area contributed by atoms with Gasteiger partial charge in [0.1, 0.15) is 11.3 Å². The van der Waals surface area contributed by atoms with E-state index in [9.17, 15) is 9.59 Å². The summed E-state index contributed by atoms with van der Waals surface area (Å²) in [7, 11) is 0. The first kappa shape index (κ1) is 20.7. The number of nitrogens with zero attached hydrogens (tertiary/aromatic N) is 1. The normalized spacial score (nSPS) is 13.2. The van der Waals surface area contributed by atoms with E-state index in [-0.39, 0.29) is 36.8 Å². The van der Waals surface area contributed by atoms with E-state index in [1.807, 2.05) is 18.2 Å². The van der Waals surface area contributed by atoms with Gasteiger partial charge in [-0.3, -0.25) is 9.59 Å². The van der Waals surface area contributed by atoms with Crippen LogP contribution in [-0.4, -0.2) is 40.9 Å². The fourth-order valence-electron chi connectivity index (χ4n) is 2.81. The molecule has 2 amide bonds. The number of nitrogens with two attached hydrogens (primary N) is 1. The highest BCUT2D eigenvalue weighted by molar-refractivity contribution is 6.04. The fourth-order valence-corrected chi connectivity index (χ4v) is 2.81. The first-order valence-electron chi connectivity index (χ1n) is 8.02. The molecule has 1 aliphatic heterocycles. The molecule has 1 aromatic heterocycles. The molecule has 4 rings (SSSR count). The van der Waals surface area contributed by atoms with Crippen molar-refractivity contribution in [1.82, 2.24) is 20.6 Å². The van der Waals surface area contributed by atoms with Crippen LogP contribution in [0, 0.1) is 0 Å². The van der Waals surface area contributed by atoms with Gasteiger partial charge in [-0.2, -0.15) is 0 Å². The lowest BCUT2D eigenvalue weighted by atomic mass is 10.1. The van der Waals surface area contributed by atoms with E-state index in [4.69, 9.17) is 5.73 Å². The van der Waals surface area contributed by atoms with E-state index in [1.165, 1.54) is 0 Å². The van der Waals surface area contributed by atoms with Gasteiger partial charge in [-0.1, -0.05) is 18.2 Å². The van der Waals surface area contributed by atoms with Crippen LogP contribution < -0.4 is 16.4 Å². The molecule has 0 aliphatic carbocycles. The van der Waals surface area contributed by atoms with Gasteiger partial charge in [0.05, 0.1) is 17.1 Å². The van der Waals surface area contributed by atoms with Crippen molar-refractivity contribution in [2.75, 3.05) is 13.1 Å². The Labute approximate surface area is 167 Å². The topological polar surface area (TPSA) is 113 Å². The highest BCUT2D eigenvalue weighted by Crippen LogP contribution is 2.23. The minimum Gasteiger partial charge on any atom is -0.366 e. The third-order valence-corrected chi connectivity index (χ3v) is 4.32. The van der Waals surface area contributed by atoms with Gasteiger partial charge < -0.3 is 21.4 Å². The molecule has 9 heteroatoms. The Hall–Kier alpha value is -2.61. The van der Waals surface area contributed by atoms with Crippen LogP contribution in [0.25, 0.3) is 22.4 Å². The van der Waals surface area contributed by atoms with Crippen LogP contribution in [0.4, 0.5) is 0 Å². The second kappa shape index (κ2) is 8.39. The zero-order valence-corrected chi connectivity index (χ0v) is 15.8. The van der Waals surface area contributed by atoms with Crippen LogP contribution in [0.5, 0.6) is 0 Å². The molecule has 0 spiro atoms. The molecule has 1 saturated heterocycles. The maximum atomic E-state index is 12.1. The number of para-hydroxylation sites is 1. The Kier molecular flexibility index (Phi) is 6.43. The number of aromatic amines is 1. The Balaban J connectivity index is 0.00000131. The highest BCUT2D eigenvalue weighted by atomic mass is 35.5. The number of carbonyl (C=O) groups is 2. The third-order valence-electron chi connectivity index (χ3n) is 4.32. The van der Waals surface area contributed by atoms with E-state index < -0.39 is 5.91 Å². The van der Waals surface area contributed by atoms with Crippen molar-refractivity contribution in [2.24, 2.45) is 5.73 Å². The summed E-state index contributed by atoms with van der Waals surface area (Å²) in [5, 5.41) is 6.07. The molecule has 0 radical (unpaired) electrons. The number of halogens is 2. The number of amides is 2. The van der Waals surface area contributed by atoms with Crippen molar-refractivity contribution in [3.05, 3.63) is 53.6 Å². The predicted molar refractivity (Wildman–Crippen MR) is 109 cm³/mol. The highest BCUT2D eigenvalue weighted by Gasteiger charge is 2.19. The maximum absolute atomic E-state index is 12.1. The first-order chi connectivity index (χ1) is 12.1. The summed E-state index contributed by atoms with van der Waals surface area (Å²) < 4.78 is 0. The molecule has 2 heterocycles. The van der Waals surface area contributed by atoms with Crippen molar-refractivity contribution in [3.8, 4) is 11.4 Å². The quantitative estimate of drug-likeness (QED) is 0.528. The van der Waals surface area contributed by atoms with Gasteiger partial charge in [-0.15, -0.1) is 24.8 Å². The monoisotopic (exact) mass is 407 g/mol. The molecule has 27 heavy (non-hydrogen) atoms. The number of hydrogen-bond donors (Lipinski definition) is 4. The summed E-state index contributed by atoms with van der Waals surface area (Å²) in [6.07, 6.45) is 0. The number of H-pyrrole nitrogens is 1. The lowest BCUT2D eigenvalue weighted by Gasteiger charge is -2.27. The number of fused-ring (bicyclic) bond motifs is 1. The Morgan fingerprint density at radius 2 is 1.78 bits per heavy atom. The molecule has 0 saturated carbocycles. The van der Waals surface area contributed by atoms with Crippen LogP contribution in [0.15, 0.2) is 42.5 Å². The SMILES string of the molecule is Cl.Cl.NC(=O)c1cccc2[nH]c(-c3ccc(C(=O)NC4CNC4)cc3)nc12. The zero-order valence-electron chi connectivity index (χ0n) is 14.2. The van der Waals surface area contributed by atoms with Gasteiger partial charge >= 0.3 is 0 Å². The van der Waals surface area contributed by atoms with E-state index in [0.29, 0.717) is 22.5 Å². The zero-order chi connectivity index (χ0) is 17.4. The van der Waals surface area contributed by atoms with Crippen LogP contribution in [-0.2, 0) is 0 Å². The molecule has 142 valence electrons. The maximum Gasteiger partial charge on any atom is 0.251 e. The number of hydrogen-bond acceptors (Lipinski definition) is 4. The van der Waals surface area contributed by atoms with Crippen LogP contribution in [0.2, 0.25) is 0 Å². The van der Waals surface area contributed by atoms with Gasteiger partial charge in [0.25, 0.3) is 11.8 Å². The summed E-state index contributed by atoms with van der Waals surface area (Å²) >= 11 is 0. The number of benzene rings is 2. The van der Waals surface area contributed by atoms with Crippen molar-refractivity contribution in [1.29, 1.82) is 0 Å². The lowest BCUT2D eigenvalue weighted by Crippen LogP contribution is -2.56. The minimum atomic E-state index is -0.513. The second-order valence-corrected chi connectivity index (χ2v) is 6.06. The Morgan fingerprint density at radius 3 is 2.37 bits per heavy atom. The first-order valence-corrected chi connectivity index (χ1v) is 8.02. The Bertz CT molecular complexity index is 968. The molecule has 1 aliphatic rings. The molecule has 0 unspecified atom stereocenters. The van der Waals surface area contributed by atoms with Gasteiger partial charge in [0, 0.05) is 24.2 Å². The minimum absolute atomic E-state index is 0. The summed E-state index contributed by atoms with van der Waals surface area (Å²) in [6.45, 7) is 1.62. The van der Waals surface area contributed by atoms with Gasteiger partial charge in [-0.05, 0) is 24.3 Å². The van der Waals surface area contributed by atoms with Crippen molar-refractivity contribution < 1.29 is 9.59 Å². The number of carbonyl (C=O) groups excluding carboxylic acids is 2. The summed E-state index contributed by atoms with van der Waals surface area (Å²) in [5.41, 5.74) is 8.49. The van der Waals surface area contributed by atoms with Gasteiger partial charge in [0.15, 0.2) is 0 Å². The van der Waals surface area contributed by atoms with Gasteiger partial charge in [0.2, 0.25) is 0 Å². The molecular formula is C18H19Cl2N5O2. The third kappa shape index (κ3) is 4.05. The number of primary amides is 1. The Morgan fingerprint density at radius 1 is 1.07 bits per heavy atom. The molecule has 1 fully saturated rings. The molecule has 3 aromatic rings. The number of imidazole rings is 1. The number of aromatic nitrogens is 2. The van der Waals surface area contributed by atoms with Crippen LogP contribution in [0.3, 0.4) is 0 Å². The van der Waals surface area contributed by atoms with E-state index >= 15 is 0 Å². The van der Waals surface area contributed by atoms with Gasteiger partial charge in [-0.25, -0.2) is 4.98 Å². The van der Waals surface area contributed by atoms with Crippen LogP contribution >= 0.6 is 24.8 Å². The molecule has 0 atom stereocenters. The standard InChI is InChI=1S/C18H17N5O2.2ClH/c19-16(24)13-2-1-3-14-15(13)23-17(22-14)10-4-6-11(7-5-10)18(25)21-12-8-20-9-12;;/h1-7,12,20H,8-9H2,(H2,19,24)(H,21,25)(H,22,23);2*1H. The number of rotatable bonds is 4. The smallest absolute Gasteiger partial charge is 0.251 e. The van der Waals surface area contributed by atoms with E-state index in [2.05, 4.69) is 20.6 Å². The average Bonchev–Trinajstić information content (AvgIpc) is 3.02. The van der Waals surface area contributed by atoms with Crippen LogP contribution in [0.1, 0.15) is 20.7 Å². The van der Waals surface area contributed by atoms with Crippen molar-refractivity contribution in [2.45, 2.75) is 6.04 Å². The predicted octanol–water partition coefficient (Wildman–Crippen LogP) is 1.87. The fraction of sp³-hybridized carbons (Fsp3) is 0.167. The van der Waals surface area contributed by atoms with E-state index in [0.717, 1.165) is 24.2 Å². The summed E-state index contributed by atoms with van der Waals surface area (Å²) in [5.74, 6) is 0.0266. The average molecular weight is 408 g/mol.